The number of allylic oxidation sites excluding steroid dienone is 7. The van der Waals surface area contributed by atoms with E-state index < -0.39 is 11.7 Å². The van der Waals surface area contributed by atoms with Crippen LogP contribution in [0.3, 0.4) is 0 Å². The molecule has 0 heterocycles. The highest BCUT2D eigenvalue weighted by atomic mass is 19.3. The van der Waals surface area contributed by atoms with E-state index in [2.05, 4.69) is 6.58 Å². The van der Waals surface area contributed by atoms with Crippen molar-refractivity contribution in [1.29, 1.82) is 0 Å². The fourth-order valence-corrected chi connectivity index (χ4v) is 1.94. The minimum Gasteiger partial charge on any atom is -0.508 e. The maximum Gasteiger partial charge on any atom is 0.276 e. The lowest BCUT2D eigenvalue weighted by Gasteiger charge is -2.20. The van der Waals surface area contributed by atoms with Gasteiger partial charge in [-0.2, -0.15) is 0 Å². The van der Waals surface area contributed by atoms with Crippen LogP contribution in [0.15, 0.2) is 59.6 Å². The van der Waals surface area contributed by atoms with Gasteiger partial charge in [0.15, 0.2) is 0 Å². The van der Waals surface area contributed by atoms with E-state index in [1.807, 2.05) is 6.92 Å². The third-order valence-corrected chi connectivity index (χ3v) is 3.17. The molecule has 0 bridgehead atoms. The highest BCUT2D eigenvalue weighted by Crippen LogP contribution is 2.35. The van der Waals surface area contributed by atoms with Crippen LogP contribution in [0.1, 0.15) is 32.6 Å². The molecule has 0 aromatic rings. The summed E-state index contributed by atoms with van der Waals surface area (Å²) in [5.74, 6) is -2.88. The number of ether oxygens (including phenoxy) is 1. The molecule has 2 nitrogen and oxygen atoms in total. The Bertz CT molecular complexity index is 497. The van der Waals surface area contributed by atoms with E-state index in [0.29, 0.717) is 30.6 Å². The summed E-state index contributed by atoms with van der Waals surface area (Å²) < 4.78 is 33.6. The maximum absolute atomic E-state index is 14.2. The molecule has 116 valence electrons. The smallest absolute Gasteiger partial charge is 0.276 e. The number of unbranched alkanes of at least 4 members (excludes halogenated alkanes) is 1. The topological polar surface area (TPSA) is 29.5 Å². The number of halogens is 2. The molecule has 0 fully saturated rings. The Hall–Kier alpha value is -1.84. The van der Waals surface area contributed by atoms with Gasteiger partial charge in [0.2, 0.25) is 0 Å². The largest absolute Gasteiger partial charge is 0.508 e. The number of rotatable bonds is 5. The molecule has 1 aliphatic carbocycles. The minimum absolute atomic E-state index is 0.288. The lowest BCUT2D eigenvalue weighted by molar-refractivity contribution is 0.0272. The number of methoxy groups -OCH3 is 1. The van der Waals surface area contributed by atoms with Crippen molar-refractivity contribution in [1.82, 2.24) is 0 Å². The van der Waals surface area contributed by atoms with Gasteiger partial charge in [-0.3, -0.25) is 0 Å². The van der Waals surface area contributed by atoms with Gasteiger partial charge in [-0.25, -0.2) is 8.78 Å². The normalized spacial score (nSPS) is 23.4. The van der Waals surface area contributed by atoms with Gasteiger partial charge < -0.3 is 9.84 Å². The zero-order chi connectivity index (χ0) is 15.9. The van der Waals surface area contributed by atoms with Gasteiger partial charge >= 0.3 is 0 Å². The second-order valence-corrected chi connectivity index (χ2v) is 4.91. The van der Waals surface area contributed by atoms with E-state index >= 15 is 0 Å². The predicted octanol–water partition coefficient (Wildman–Crippen LogP) is 5.23. The molecule has 1 N–H and O–H groups in total. The van der Waals surface area contributed by atoms with Crippen LogP contribution in [0.2, 0.25) is 0 Å². The van der Waals surface area contributed by atoms with Crippen LogP contribution >= 0.6 is 0 Å². The van der Waals surface area contributed by atoms with Gasteiger partial charge in [0, 0.05) is 6.42 Å². The zero-order valence-corrected chi connectivity index (χ0v) is 12.5. The Labute approximate surface area is 124 Å². The van der Waals surface area contributed by atoms with E-state index in [9.17, 15) is 13.9 Å². The van der Waals surface area contributed by atoms with E-state index in [0.717, 1.165) is 0 Å². The summed E-state index contributed by atoms with van der Waals surface area (Å²) >= 11 is 0. The molecule has 0 spiro atoms. The number of aliphatic hydroxyl groups is 1. The summed E-state index contributed by atoms with van der Waals surface area (Å²) in [4.78, 5) is 0. The van der Waals surface area contributed by atoms with E-state index in [-0.39, 0.29) is 12.0 Å². The third-order valence-electron chi connectivity index (χ3n) is 3.17. The molecular weight excluding hydrogens is 274 g/mol. The van der Waals surface area contributed by atoms with Crippen molar-refractivity contribution in [3.63, 3.8) is 0 Å². The summed E-state index contributed by atoms with van der Waals surface area (Å²) in [7, 11) is 1.52. The third kappa shape index (κ3) is 5.21. The van der Waals surface area contributed by atoms with Crippen molar-refractivity contribution in [2.45, 2.75) is 38.5 Å². The minimum atomic E-state index is -3.07. The number of hydrogen-bond acceptors (Lipinski definition) is 2. The first kappa shape index (κ1) is 17.2. The molecule has 1 aliphatic rings. The second kappa shape index (κ2) is 7.81. The van der Waals surface area contributed by atoms with Gasteiger partial charge in [-0.1, -0.05) is 26.0 Å². The monoisotopic (exact) mass is 296 g/mol. The lowest BCUT2D eigenvalue weighted by Crippen LogP contribution is -2.21. The molecule has 0 unspecified atom stereocenters. The van der Waals surface area contributed by atoms with Crippen LogP contribution in [0, 0.1) is 0 Å². The first-order valence-electron chi connectivity index (χ1n) is 7.01. The fourth-order valence-electron chi connectivity index (χ4n) is 1.94. The van der Waals surface area contributed by atoms with Crippen LogP contribution in [0.25, 0.3) is 0 Å². The van der Waals surface area contributed by atoms with Crippen molar-refractivity contribution in [3.05, 3.63) is 59.6 Å². The molecule has 0 saturated carbocycles. The molecule has 21 heavy (non-hydrogen) atoms. The first-order chi connectivity index (χ1) is 9.90. The Balaban J connectivity index is 3.13. The SMILES string of the molecule is C=C1C=C(C(F)(F)CCCC)/C(O)=C\C/C=C(OC)\C=C/1. The highest BCUT2D eigenvalue weighted by Gasteiger charge is 2.35. The van der Waals surface area contributed by atoms with Crippen molar-refractivity contribution in [2.24, 2.45) is 0 Å². The molecule has 0 aliphatic heterocycles. The molecule has 0 radical (unpaired) electrons. The molecule has 4 heteroatoms. The van der Waals surface area contributed by atoms with Crippen LogP contribution in [0.5, 0.6) is 0 Å². The van der Waals surface area contributed by atoms with Crippen LogP contribution in [0.4, 0.5) is 8.78 Å². The number of aliphatic hydroxyl groups excluding tert-OH is 1. The van der Waals surface area contributed by atoms with Gasteiger partial charge in [-0.05, 0) is 42.7 Å². The van der Waals surface area contributed by atoms with Crippen molar-refractivity contribution < 1.29 is 18.6 Å². The summed E-state index contributed by atoms with van der Waals surface area (Å²) in [5.41, 5.74) is 0.00541. The molecule has 0 saturated heterocycles. The van der Waals surface area contributed by atoms with Gasteiger partial charge in [0.05, 0.1) is 12.7 Å². The Morgan fingerprint density at radius 2 is 2.05 bits per heavy atom. The second-order valence-electron chi connectivity index (χ2n) is 4.91. The highest BCUT2D eigenvalue weighted by molar-refractivity contribution is 5.43. The molecule has 0 aromatic carbocycles. The average Bonchev–Trinajstić information content (AvgIpc) is 2.45. The maximum atomic E-state index is 14.2. The van der Waals surface area contributed by atoms with Gasteiger partial charge in [0.1, 0.15) is 11.5 Å². The quantitative estimate of drug-likeness (QED) is 0.753. The van der Waals surface area contributed by atoms with E-state index in [1.165, 1.54) is 19.3 Å². The molecule has 0 atom stereocenters. The lowest BCUT2D eigenvalue weighted by atomic mass is 9.97. The van der Waals surface area contributed by atoms with Crippen molar-refractivity contribution in [2.75, 3.05) is 7.11 Å². The Morgan fingerprint density at radius 3 is 2.67 bits per heavy atom. The van der Waals surface area contributed by atoms with Crippen LogP contribution in [-0.4, -0.2) is 18.1 Å². The summed E-state index contributed by atoms with van der Waals surface area (Å²) in [6, 6.07) is 0. The van der Waals surface area contributed by atoms with Crippen LogP contribution in [-0.2, 0) is 4.74 Å². The first-order valence-corrected chi connectivity index (χ1v) is 7.01. The molecule has 0 aromatic heterocycles. The van der Waals surface area contributed by atoms with Crippen molar-refractivity contribution >= 4 is 0 Å². The zero-order valence-electron chi connectivity index (χ0n) is 12.5. The standard InChI is InChI=1S/C17H22F2O2/c1-4-5-11-17(18,19)15-12-13(2)9-10-14(21-3)7-6-8-16(15)20/h7-10,12,20H,2,4-6,11H2,1,3H3/b10-9-,14-7+,15-12?,16-8+. The van der Waals surface area contributed by atoms with E-state index in [1.54, 1.807) is 18.2 Å². The molecule has 1 rings (SSSR count). The molecular formula is C17H22F2O2. The summed E-state index contributed by atoms with van der Waals surface area (Å²) in [5, 5.41) is 9.98. The van der Waals surface area contributed by atoms with E-state index in [4.69, 9.17) is 4.74 Å². The number of alkyl halides is 2. The Morgan fingerprint density at radius 1 is 1.33 bits per heavy atom. The summed E-state index contributed by atoms with van der Waals surface area (Å²) in [6.45, 7) is 5.57. The Kier molecular flexibility index (Phi) is 6.40. The average molecular weight is 296 g/mol. The predicted molar refractivity (Wildman–Crippen MR) is 81.3 cm³/mol. The fraction of sp³-hybridized carbons (Fsp3) is 0.412. The van der Waals surface area contributed by atoms with Crippen LogP contribution < -0.4 is 0 Å². The summed E-state index contributed by atoms with van der Waals surface area (Å²) in [6.07, 6.45) is 8.64. The van der Waals surface area contributed by atoms with Gasteiger partial charge in [0.25, 0.3) is 5.92 Å². The van der Waals surface area contributed by atoms with Gasteiger partial charge in [-0.15, -0.1) is 0 Å². The van der Waals surface area contributed by atoms with Crippen molar-refractivity contribution in [3.8, 4) is 0 Å². The molecule has 0 amide bonds. The number of hydrogen-bond donors (Lipinski definition) is 1.